The zero-order chi connectivity index (χ0) is 21.2. The van der Waals surface area contributed by atoms with Crippen LogP contribution in [0.3, 0.4) is 0 Å². The first-order valence-corrected chi connectivity index (χ1v) is 10.6. The summed E-state index contributed by atoms with van der Waals surface area (Å²) in [6, 6.07) is 22.4. The van der Waals surface area contributed by atoms with E-state index >= 15 is 0 Å². The topological polar surface area (TPSA) is 56.7 Å². The number of hydrazone groups is 1. The zero-order valence-electron chi connectivity index (χ0n) is 17.8. The minimum atomic E-state index is -0.187. The number of hydrogen-bond donors (Lipinski definition) is 2. The first-order chi connectivity index (χ1) is 14.7. The number of amides is 1. The van der Waals surface area contributed by atoms with Crippen LogP contribution in [0.15, 0.2) is 71.8 Å². The smallest absolute Gasteiger partial charge is 0.259 e. The van der Waals surface area contributed by atoms with E-state index < -0.39 is 0 Å². The summed E-state index contributed by atoms with van der Waals surface area (Å²) in [6.07, 6.45) is 3.92. The fourth-order valence-corrected chi connectivity index (χ4v) is 3.45. The second kappa shape index (κ2) is 11.0. The van der Waals surface area contributed by atoms with Gasteiger partial charge in [-0.15, -0.1) is 0 Å². The molecule has 0 atom stereocenters. The first kappa shape index (κ1) is 21.4. The molecule has 0 spiro atoms. The number of nitrogens with one attached hydrogen (secondary N) is 2. The van der Waals surface area contributed by atoms with Crippen molar-refractivity contribution in [2.24, 2.45) is 5.10 Å². The highest BCUT2D eigenvalue weighted by Gasteiger charge is 2.05. The van der Waals surface area contributed by atoms with E-state index in [1.54, 1.807) is 6.21 Å². The Morgan fingerprint density at radius 2 is 1.63 bits per heavy atom. The third-order valence-electron chi connectivity index (χ3n) is 4.88. The van der Waals surface area contributed by atoms with Gasteiger partial charge in [0.2, 0.25) is 0 Å². The van der Waals surface area contributed by atoms with Crippen LogP contribution in [0.25, 0.3) is 10.8 Å². The molecule has 156 valence electrons. The quantitative estimate of drug-likeness (QED) is 0.369. The van der Waals surface area contributed by atoms with Crippen molar-refractivity contribution in [3.8, 4) is 0 Å². The number of rotatable bonds is 10. The largest absolute Gasteiger partial charge is 0.376 e. The monoisotopic (exact) mass is 402 g/mol. The molecule has 0 aromatic heterocycles. The van der Waals surface area contributed by atoms with E-state index in [9.17, 15) is 4.79 Å². The van der Waals surface area contributed by atoms with Gasteiger partial charge in [-0.05, 0) is 42.0 Å². The molecule has 0 heterocycles. The summed E-state index contributed by atoms with van der Waals surface area (Å²) in [5.74, 6) is -0.187. The molecular formula is C25H30N4O. The number of carbonyl (C=O) groups excluding carboxylic acids is 1. The average Bonchev–Trinajstić information content (AvgIpc) is 2.78. The Kier molecular flexibility index (Phi) is 7.84. The fourth-order valence-electron chi connectivity index (χ4n) is 3.45. The summed E-state index contributed by atoms with van der Waals surface area (Å²) >= 11 is 0. The lowest BCUT2D eigenvalue weighted by atomic mass is 10.1. The molecule has 0 unspecified atom stereocenters. The van der Waals surface area contributed by atoms with Crippen LogP contribution in [0.2, 0.25) is 0 Å². The Hall–Kier alpha value is -3.34. The highest BCUT2D eigenvalue weighted by atomic mass is 16.2. The Labute approximate surface area is 178 Å². The third kappa shape index (κ3) is 5.83. The van der Waals surface area contributed by atoms with Gasteiger partial charge in [0.05, 0.1) is 12.8 Å². The molecule has 3 aromatic rings. The van der Waals surface area contributed by atoms with Gasteiger partial charge in [0.1, 0.15) is 0 Å². The number of anilines is 2. The molecule has 0 aliphatic carbocycles. The molecule has 5 nitrogen and oxygen atoms in total. The molecule has 3 aromatic carbocycles. The lowest BCUT2D eigenvalue weighted by Crippen LogP contribution is -2.26. The fraction of sp³-hybridized carbons (Fsp3) is 0.280. The van der Waals surface area contributed by atoms with Crippen LogP contribution in [0.4, 0.5) is 11.4 Å². The molecule has 0 fully saturated rings. The predicted octanol–water partition coefficient (Wildman–Crippen LogP) is 5.03. The van der Waals surface area contributed by atoms with Crippen molar-refractivity contribution in [1.29, 1.82) is 0 Å². The van der Waals surface area contributed by atoms with Crippen molar-refractivity contribution in [3.63, 3.8) is 0 Å². The van der Waals surface area contributed by atoms with Crippen molar-refractivity contribution in [1.82, 2.24) is 5.43 Å². The van der Waals surface area contributed by atoms with Crippen molar-refractivity contribution in [2.45, 2.75) is 26.7 Å². The SMILES string of the molecule is CCCN(CCC)c1ccc(/C=N\NC(=O)CNc2cccc3ccccc23)cc1. The van der Waals surface area contributed by atoms with Gasteiger partial charge in [-0.3, -0.25) is 4.79 Å². The highest BCUT2D eigenvalue weighted by molar-refractivity contribution is 5.95. The van der Waals surface area contributed by atoms with Crippen molar-refractivity contribution in [2.75, 3.05) is 29.9 Å². The summed E-state index contributed by atoms with van der Waals surface area (Å²) in [5.41, 5.74) is 5.70. The molecule has 1 amide bonds. The third-order valence-corrected chi connectivity index (χ3v) is 4.88. The summed E-state index contributed by atoms with van der Waals surface area (Å²) in [5, 5.41) is 9.51. The predicted molar refractivity (Wildman–Crippen MR) is 127 cm³/mol. The number of nitrogens with zero attached hydrogens (tertiary/aromatic N) is 2. The Morgan fingerprint density at radius 3 is 2.37 bits per heavy atom. The maximum Gasteiger partial charge on any atom is 0.259 e. The Balaban J connectivity index is 1.51. The van der Waals surface area contributed by atoms with Crippen LogP contribution in [0.5, 0.6) is 0 Å². The van der Waals surface area contributed by atoms with Crippen LogP contribution in [-0.4, -0.2) is 31.8 Å². The van der Waals surface area contributed by atoms with Gasteiger partial charge in [0.25, 0.3) is 5.91 Å². The second-order valence-electron chi connectivity index (χ2n) is 7.25. The molecule has 0 saturated carbocycles. The summed E-state index contributed by atoms with van der Waals surface area (Å²) in [6.45, 7) is 6.67. The van der Waals surface area contributed by atoms with Gasteiger partial charge in [-0.2, -0.15) is 5.10 Å². The van der Waals surface area contributed by atoms with Crippen molar-refractivity contribution >= 4 is 34.3 Å². The van der Waals surface area contributed by atoms with Gasteiger partial charge < -0.3 is 10.2 Å². The van der Waals surface area contributed by atoms with Crippen molar-refractivity contribution in [3.05, 3.63) is 72.3 Å². The number of benzene rings is 3. The lowest BCUT2D eigenvalue weighted by Gasteiger charge is -2.23. The van der Waals surface area contributed by atoms with Crippen LogP contribution < -0.4 is 15.6 Å². The number of fused-ring (bicyclic) bond motifs is 1. The summed E-state index contributed by atoms with van der Waals surface area (Å²) < 4.78 is 0. The normalized spacial score (nSPS) is 11.0. The standard InChI is InChI=1S/C25H30N4O/c1-3-16-29(17-4-2)22-14-12-20(13-15-22)18-27-28-25(30)19-26-24-11-7-9-21-8-5-6-10-23(21)24/h5-15,18,26H,3-4,16-17,19H2,1-2H3,(H,28,30)/b27-18-. The van der Waals surface area contributed by atoms with E-state index in [1.807, 2.05) is 42.5 Å². The molecule has 0 radical (unpaired) electrons. The molecule has 5 heteroatoms. The van der Waals surface area contributed by atoms with E-state index in [2.05, 4.69) is 58.9 Å². The van der Waals surface area contributed by atoms with E-state index in [4.69, 9.17) is 0 Å². The molecule has 0 bridgehead atoms. The molecule has 30 heavy (non-hydrogen) atoms. The van der Waals surface area contributed by atoms with Crippen LogP contribution in [0, 0.1) is 0 Å². The van der Waals surface area contributed by atoms with Gasteiger partial charge >= 0.3 is 0 Å². The second-order valence-corrected chi connectivity index (χ2v) is 7.25. The van der Waals surface area contributed by atoms with E-state index in [0.717, 1.165) is 48.0 Å². The van der Waals surface area contributed by atoms with Gasteiger partial charge in [-0.1, -0.05) is 62.4 Å². The van der Waals surface area contributed by atoms with Crippen LogP contribution >= 0.6 is 0 Å². The van der Waals surface area contributed by atoms with E-state index in [-0.39, 0.29) is 12.5 Å². The zero-order valence-corrected chi connectivity index (χ0v) is 17.8. The van der Waals surface area contributed by atoms with Gasteiger partial charge in [0, 0.05) is 29.9 Å². The van der Waals surface area contributed by atoms with Crippen LogP contribution in [-0.2, 0) is 4.79 Å². The number of carbonyl (C=O) groups is 1. The molecule has 2 N–H and O–H groups in total. The molecular weight excluding hydrogens is 372 g/mol. The Morgan fingerprint density at radius 1 is 0.933 bits per heavy atom. The summed E-state index contributed by atoms with van der Waals surface area (Å²) in [4.78, 5) is 14.5. The molecule has 0 aliphatic heterocycles. The van der Waals surface area contributed by atoms with Crippen LogP contribution in [0.1, 0.15) is 32.3 Å². The Bertz CT molecular complexity index is 971. The van der Waals surface area contributed by atoms with Gasteiger partial charge in [-0.25, -0.2) is 5.43 Å². The van der Waals surface area contributed by atoms with Gasteiger partial charge in [0.15, 0.2) is 0 Å². The minimum absolute atomic E-state index is 0.160. The molecule has 0 saturated heterocycles. The minimum Gasteiger partial charge on any atom is -0.376 e. The maximum atomic E-state index is 12.1. The maximum absolute atomic E-state index is 12.1. The highest BCUT2D eigenvalue weighted by Crippen LogP contribution is 2.22. The molecule has 0 aliphatic rings. The lowest BCUT2D eigenvalue weighted by molar-refractivity contribution is -0.119. The first-order valence-electron chi connectivity index (χ1n) is 10.6. The van der Waals surface area contributed by atoms with E-state index in [1.165, 1.54) is 5.69 Å². The number of hydrogen-bond acceptors (Lipinski definition) is 4. The van der Waals surface area contributed by atoms with E-state index in [0.29, 0.717) is 0 Å². The van der Waals surface area contributed by atoms with Crippen molar-refractivity contribution < 1.29 is 4.79 Å². The summed E-state index contributed by atoms with van der Waals surface area (Å²) in [7, 11) is 0. The molecule has 3 rings (SSSR count). The average molecular weight is 403 g/mol.